The normalized spacial score (nSPS) is 15.4. The van der Waals surface area contributed by atoms with Gasteiger partial charge in [-0.2, -0.15) is 0 Å². The van der Waals surface area contributed by atoms with Crippen LogP contribution in [-0.4, -0.2) is 17.0 Å². The number of hydrogen-bond donors (Lipinski definition) is 2. The quantitative estimate of drug-likeness (QED) is 0.798. The maximum Gasteiger partial charge on any atom is 0.339 e. The molecule has 1 aliphatic carbocycles. The van der Waals surface area contributed by atoms with Gasteiger partial charge >= 0.3 is 5.97 Å². The van der Waals surface area contributed by atoms with E-state index < -0.39 is 5.97 Å². The summed E-state index contributed by atoms with van der Waals surface area (Å²) in [6, 6.07) is 1.44. The second-order valence-electron chi connectivity index (χ2n) is 4.87. The maximum absolute atomic E-state index is 11.6. The molecule has 1 saturated carbocycles. The smallest absolute Gasteiger partial charge is 0.339 e. The third-order valence-corrected chi connectivity index (χ3v) is 3.22. The lowest BCUT2D eigenvalue weighted by Gasteiger charge is -2.00. The fraction of sp³-hybridized carbons (Fsp3) is 0.429. The Morgan fingerprint density at radius 2 is 2.21 bits per heavy atom. The first-order valence-electron chi connectivity index (χ1n) is 6.26. The number of rotatable bonds is 5. The molecule has 19 heavy (non-hydrogen) atoms. The number of allylic oxidation sites excluding steroid dienone is 1. The van der Waals surface area contributed by atoms with Crippen molar-refractivity contribution in [3.63, 3.8) is 0 Å². The number of furan rings is 1. The summed E-state index contributed by atoms with van der Waals surface area (Å²) in [6.07, 6.45) is 3.93. The summed E-state index contributed by atoms with van der Waals surface area (Å²) in [6.45, 7) is 3.74. The highest BCUT2D eigenvalue weighted by Crippen LogP contribution is 2.35. The van der Waals surface area contributed by atoms with Gasteiger partial charge in [0.1, 0.15) is 17.1 Å². The van der Waals surface area contributed by atoms with Crippen LogP contribution >= 0.6 is 0 Å². The van der Waals surface area contributed by atoms with Crippen molar-refractivity contribution in [3.05, 3.63) is 34.8 Å². The lowest BCUT2D eigenvalue weighted by molar-refractivity contribution is -0.116. The Labute approximate surface area is 111 Å². The van der Waals surface area contributed by atoms with Crippen LogP contribution in [0.3, 0.4) is 0 Å². The Balaban J connectivity index is 1.91. The zero-order valence-electron chi connectivity index (χ0n) is 11.0. The van der Waals surface area contributed by atoms with Crippen molar-refractivity contribution in [2.24, 2.45) is 5.92 Å². The molecule has 102 valence electrons. The first-order valence-corrected chi connectivity index (χ1v) is 6.26. The number of aromatic carboxylic acids is 1. The topological polar surface area (TPSA) is 79.5 Å². The predicted molar refractivity (Wildman–Crippen MR) is 68.7 cm³/mol. The Morgan fingerprint density at radius 1 is 1.53 bits per heavy atom. The van der Waals surface area contributed by atoms with Crippen molar-refractivity contribution >= 4 is 11.9 Å². The molecule has 0 atom stereocenters. The van der Waals surface area contributed by atoms with Crippen molar-refractivity contribution in [1.82, 2.24) is 5.32 Å². The summed E-state index contributed by atoms with van der Waals surface area (Å²) in [5.74, 6) is 0.163. The Morgan fingerprint density at radius 3 is 2.74 bits per heavy atom. The molecule has 5 nitrogen and oxygen atoms in total. The van der Waals surface area contributed by atoms with E-state index in [9.17, 15) is 9.59 Å². The van der Waals surface area contributed by atoms with E-state index in [1.807, 2.05) is 6.92 Å². The molecule has 0 aromatic carbocycles. The first kappa shape index (κ1) is 13.4. The SMILES string of the molecule is CC(=CC(=O)NCc1cc(C(=O)O)c(C)o1)C1CC1. The third kappa shape index (κ3) is 3.47. The lowest BCUT2D eigenvalue weighted by Crippen LogP contribution is -2.20. The van der Waals surface area contributed by atoms with Gasteiger partial charge in [-0.3, -0.25) is 4.79 Å². The second-order valence-corrected chi connectivity index (χ2v) is 4.87. The van der Waals surface area contributed by atoms with Gasteiger partial charge in [0.25, 0.3) is 0 Å². The van der Waals surface area contributed by atoms with Crippen LogP contribution in [0.2, 0.25) is 0 Å². The van der Waals surface area contributed by atoms with Gasteiger partial charge in [-0.25, -0.2) is 4.79 Å². The van der Waals surface area contributed by atoms with E-state index in [1.54, 1.807) is 13.0 Å². The zero-order valence-corrected chi connectivity index (χ0v) is 11.0. The molecule has 0 saturated heterocycles. The highest BCUT2D eigenvalue weighted by atomic mass is 16.4. The molecule has 1 aliphatic rings. The number of carbonyl (C=O) groups excluding carboxylic acids is 1. The molecular weight excluding hydrogens is 246 g/mol. The Hall–Kier alpha value is -2.04. The van der Waals surface area contributed by atoms with Gasteiger partial charge < -0.3 is 14.8 Å². The van der Waals surface area contributed by atoms with Crippen molar-refractivity contribution in [2.45, 2.75) is 33.2 Å². The predicted octanol–water partition coefficient (Wildman–Crippen LogP) is 2.26. The zero-order chi connectivity index (χ0) is 14.0. The molecule has 2 rings (SSSR count). The van der Waals surface area contributed by atoms with Crippen LogP contribution in [0.5, 0.6) is 0 Å². The highest BCUT2D eigenvalue weighted by Gasteiger charge is 2.23. The molecule has 2 N–H and O–H groups in total. The monoisotopic (exact) mass is 263 g/mol. The molecule has 0 bridgehead atoms. The Kier molecular flexibility index (Phi) is 3.74. The molecular formula is C14H17NO4. The van der Waals surface area contributed by atoms with Gasteiger partial charge in [0.05, 0.1) is 6.54 Å². The Bertz CT molecular complexity index is 538. The molecule has 0 aliphatic heterocycles. The maximum atomic E-state index is 11.6. The number of carboxylic acid groups (broad SMARTS) is 1. The van der Waals surface area contributed by atoms with E-state index in [0.29, 0.717) is 17.4 Å². The van der Waals surface area contributed by atoms with Crippen LogP contribution < -0.4 is 5.32 Å². The van der Waals surface area contributed by atoms with Gasteiger partial charge in [-0.1, -0.05) is 5.57 Å². The van der Waals surface area contributed by atoms with E-state index in [4.69, 9.17) is 9.52 Å². The summed E-state index contributed by atoms with van der Waals surface area (Å²) < 4.78 is 5.27. The summed E-state index contributed by atoms with van der Waals surface area (Å²) in [5, 5.41) is 11.6. The van der Waals surface area contributed by atoms with Crippen LogP contribution in [0, 0.1) is 12.8 Å². The van der Waals surface area contributed by atoms with Gasteiger partial charge in [0, 0.05) is 6.08 Å². The molecule has 1 heterocycles. The fourth-order valence-corrected chi connectivity index (χ4v) is 1.93. The van der Waals surface area contributed by atoms with Crippen LogP contribution in [0.15, 0.2) is 22.1 Å². The highest BCUT2D eigenvalue weighted by molar-refractivity contribution is 5.89. The number of carboxylic acids is 1. The fourth-order valence-electron chi connectivity index (χ4n) is 1.93. The van der Waals surface area contributed by atoms with E-state index in [-0.39, 0.29) is 18.0 Å². The van der Waals surface area contributed by atoms with E-state index in [0.717, 1.165) is 18.4 Å². The van der Waals surface area contributed by atoms with Gasteiger partial charge in [0.15, 0.2) is 0 Å². The van der Waals surface area contributed by atoms with Crippen LogP contribution in [0.25, 0.3) is 0 Å². The van der Waals surface area contributed by atoms with Crippen LogP contribution in [-0.2, 0) is 11.3 Å². The third-order valence-electron chi connectivity index (χ3n) is 3.22. The van der Waals surface area contributed by atoms with E-state index in [2.05, 4.69) is 5.32 Å². The molecule has 0 spiro atoms. The van der Waals surface area contributed by atoms with Gasteiger partial charge in [-0.05, 0) is 38.7 Å². The van der Waals surface area contributed by atoms with Crippen molar-refractivity contribution in [1.29, 1.82) is 0 Å². The lowest BCUT2D eigenvalue weighted by atomic mass is 10.2. The average molecular weight is 263 g/mol. The van der Waals surface area contributed by atoms with E-state index in [1.165, 1.54) is 6.07 Å². The van der Waals surface area contributed by atoms with Gasteiger partial charge in [-0.15, -0.1) is 0 Å². The average Bonchev–Trinajstić information content (AvgIpc) is 3.10. The van der Waals surface area contributed by atoms with Crippen molar-refractivity contribution in [2.75, 3.05) is 0 Å². The molecule has 1 aromatic heterocycles. The number of aryl methyl sites for hydroxylation is 1. The minimum atomic E-state index is -1.02. The second kappa shape index (κ2) is 5.30. The van der Waals surface area contributed by atoms with Crippen molar-refractivity contribution in [3.8, 4) is 0 Å². The summed E-state index contributed by atoms with van der Waals surface area (Å²) in [4.78, 5) is 22.5. The van der Waals surface area contributed by atoms with Crippen LogP contribution in [0.4, 0.5) is 0 Å². The minimum Gasteiger partial charge on any atom is -0.478 e. The number of hydrogen-bond acceptors (Lipinski definition) is 3. The molecule has 5 heteroatoms. The molecule has 0 unspecified atom stereocenters. The minimum absolute atomic E-state index is 0.133. The number of nitrogens with one attached hydrogen (secondary N) is 1. The van der Waals surface area contributed by atoms with Gasteiger partial charge in [0.2, 0.25) is 5.91 Å². The largest absolute Gasteiger partial charge is 0.478 e. The van der Waals surface area contributed by atoms with Crippen LogP contribution in [0.1, 0.15) is 41.6 Å². The molecule has 1 amide bonds. The summed E-state index contributed by atoms with van der Waals surface area (Å²) in [5.41, 5.74) is 1.23. The number of carbonyl (C=O) groups is 2. The standard InChI is InChI=1S/C14H17NO4/c1-8(10-3-4-10)5-13(16)15-7-11-6-12(14(17)18)9(2)19-11/h5-6,10H,3-4,7H2,1-2H3,(H,15,16)(H,17,18). The first-order chi connectivity index (χ1) is 8.97. The van der Waals surface area contributed by atoms with E-state index >= 15 is 0 Å². The van der Waals surface area contributed by atoms with Crippen molar-refractivity contribution < 1.29 is 19.1 Å². The number of amides is 1. The summed E-state index contributed by atoms with van der Waals surface area (Å²) in [7, 11) is 0. The molecule has 1 aromatic rings. The molecule has 1 fully saturated rings. The molecule has 0 radical (unpaired) electrons. The summed E-state index contributed by atoms with van der Waals surface area (Å²) >= 11 is 0.